The van der Waals surface area contributed by atoms with Crippen LogP contribution in [0, 0.1) is 23.6 Å². The third kappa shape index (κ3) is 28.6. The second kappa shape index (κ2) is 48.6. The minimum absolute atomic E-state index is 0.0123. The van der Waals surface area contributed by atoms with Gasteiger partial charge in [-0.15, -0.1) is 11.8 Å². The first kappa shape index (κ1) is 101. The molecule has 3 aliphatic rings. The Kier molecular flexibility index (Phi) is 37.7. The predicted octanol–water partition coefficient (Wildman–Crippen LogP) is 2.18. The molecule has 1 saturated carbocycles. The molecule has 0 spiro atoms. The number of unbranched alkanes of at least 4 members (excludes halogenated alkanes) is 1. The van der Waals surface area contributed by atoms with Crippen molar-refractivity contribution in [3.05, 3.63) is 173 Å². The molecule has 1 aliphatic carbocycles. The molecule has 35 nitrogen and oxygen atoms in total. The van der Waals surface area contributed by atoms with E-state index in [1.54, 1.807) is 112 Å². The van der Waals surface area contributed by atoms with E-state index in [0.29, 0.717) is 58.0 Å². The van der Waals surface area contributed by atoms with Crippen molar-refractivity contribution in [2.45, 2.75) is 203 Å². The van der Waals surface area contributed by atoms with Crippen LogP contribution >= 0.6 is 11.8 Å². The molecule has 5 aromatic carbocycles. The van der Waals surface area contributed by atoms with Gasteiger partial charge in [0.15, 0.2) is 0 Å². The van der Waals surface area contributed by atoms with Crippen molar-refractivity contribution in [3.63, 3.8) is 0 Å². The van der Waals surface area contributed by atoms with Gasteiger partial charge in [-0.25, -0.2) is 4.39 Å². The van der Waals surface area contributed by atoms with Crippen LogP contribution in [0.3, 0.4) is 0 Å². The van der Waals surface area contributed by atoms with E-state index in [1.807, 2.05) is 13.8 Å². The summed E-state index contributed by atoms with van der Waals surface area (Å²) >= 11 is 0.805. The van der Waals surface area contributed by atoms with E-state index in [9.17, 15) is 43.4 Å². The van der Waals surface area contributed by atoms with Crippen molar-refractivity contribution in [2.24, 2.45) is 29.2 Å². The van der Waals surface area contributed by atoms with Crippen molar-refractivity contribution in [1.82, 2.24) is 77.3 Å². The van der Waals surface area contributed by atoms with Crippen LogP contribution in [0.15, 0.2) is 140 Å². The number of nitrogens with one attached hydrogen (secondary N) is 10. The van der Waals surface area contributed by atoms with Gasteiger partial charge in [0.2, 0.25) is 88.6 Å². The van der Waals surface area contributed by atoms with Gasteiger partial charge in [0.05, 0.1) is 25.3 Å². The number of carbonyl (C=O) groups excluding carboxylic acids is 15. The number of carboxylic acid groups (broad SMARTS) is 1. The number of phenols is 1. The number of halogens is 1. The zero-order chi connectivity index (χ0) is 94.6. The Morgan fingerprint density at radius 2 is 1.12 bits per heavy atom. The number of thioether (sulfide) groups is 1. The standard InChI is InChI=1S/C93H122FN17O18S/c1-9-11-29-73-92(128)110(40-10-2)51-77(114)99-69(48-79(116)117)85(121)105-80(54(3)4)93(129)108(7)74(45-56-22-14-12-15-23-56)87(123)101-66(28-20-39-95)90(126)111-41-21-30-72(111)86(122)103-68(47-60-49-97-65-27-19-18-26-63(60)65)83(119)102-67(43-59-33-37-62(112)38-34-59)84(120)106-81(64-42-55(64)5)88(124)104-71(82(118)98-50-76(96)113)52-130-53-78(115)100-70(44-58-31-35-61(94)36-32-58)89(125)109(8)75(91(127)107(73)6)46-57-24-16-13-17-25-57/h12-19,22-27,31-38,49,54-55,64,66-75,80-81,97,112H,9-11,20-21,28-30,39-48,50-53,95H2,1-8H3,(H2,96,113)(H,98,118)(H,99,114)(H,100,115)(H,101,123)(H,102,119)(H,103,122)(H,104,124)(H,105,121)(H,106,120)(H,116,117)/t55?,64?,66-,67-,68-,69-,70-,71-,72+,73-,74-,75?,80-,81-/m0/s1. The number of amides is 15. The first-order valence-electron chi connectivity index (χ1n) is 44.1. The maximum atomic E-state index is 15.7. The van der Waals surface area contributed by atoms with E-state index in [4.69, 9.17) is 11.5 Å². The highest BCUT2D eigenvalue weighted by atomic mass is 32.2. The quantitative estimate of drug-likeness (QED) is 0.0390. The van der Waals surface area contributed by atoms with Crippen LogP contribution in [0.2, 0.25) is 0 Å². The maximum Gasteiger partial charge on any atom is 0.305 e. The molecule has 3 fully saturated rings. The third-order valence-corrected chi connectivity index (χ3v) is 24.8. The lowest BCUT2D eigenvalue weighted by molar-refractivity contribution is -0.152. The summed E-state index contributed by atoms with van der Waals surface area (Å²) in [6.07, 6.45) is 1.43. The largest absolute Gasteiger partial charge is 0.508 e. The van der Waals surface area contributed by atoms with Gasteiger partial charge in [-0.3, -0.25) is 76.7 Å². The van der Waals surface area contributed by atoms with E-state index < -0.39 is 216 Å². The van der Waals surface area contributed by atoms with Gasteiger partial charge in [0.25, 0.3) is 0 Å². The van der Waals surface area contributed by atoms with E-state index in [-0.39, 0.29) is 102 Å². The normalized spacial score (nSPS) is 24.4. The summed E-state index contributed by atoms with van der Waals surface area (Å²) in [5, 5.41) is 45.7. The summed E-state index contributed by atoms with van der Waals surface area (Å²) < 4.78 is 14.6. The van der Waals surface area contributed by atoms with Crippen molar-refractivity contribution < 1.29 is 91.3 Å². The summed E-state index contributed by atoms with van der Waals surface area (Å²) in [6, 6.07) is 17.1. The second-order valence-corrected chi connectivity index (χ2v) is 35.0. The first-order chi connectivity index (χ1) is 62.1. The molecule has 2 saturated heterocycles. The molecule has 0 radical (unpaired) electrons. The lowest BCUT2D eigenvalue weighted by Crippen LogP contribution is -2.61. The lowest BCUT2D eigenvalue weighted by Gasteiger charge is -2.37. The fourth-order valence-electron chi connectivity index (χ4n) is 16.3. The monoisotopic (exact) mass is 1820 g/mol. The van der Waals surface area contributed by atoms with Crippen LogP contribution in [0.25, 0.3) is 10.9 Å². The molecule has 3 heterocycles. The van der Waals surface area contributed by atoms with Gasteiger partial charge >= 0.3 is 5.97 Å². The Balaban J connectivity index is 1.12. The number of primary amides is 1. The minimum Gasteiger partial charge on any atom is -0.508 e. The highest BCUT2D eigenvalue weighted by Gasteiger charge is 2.48. The molecule has 14 atom stereocenters. The topological polar surface area (TPSA) is 506 Å². The molecule has 37 heteroatoms. The summed E-state index contributed by atoms with van der Waals surface area (Å²) in [5.74, 6) is -17.9. The Labute approximate surface area is 759 Å². The van der Waals surface area contributed by atoms with Crippen LogP contribution in [0.1, 0.15) is 127 Å². The number of benzene rings is 5. The summed E-state index contributed by atoms with van der Waals surface area (Å²) in [4.78, 5) is 246. The predicted molar refractivity (Wildman–Crippen MR) is 483 cm³/mol. The number of rotatable bonds is 25. The Hall–Kier alpha value is -12.8. The van der Waals surface area contributed by atoms with Gasteiger partial charge in [-0.1, -0.05) is 151 Å². The Bertz CT molecular complexity index is 4970. The Morgan fingerprint density at radius 3 is 1.74 bits per heavy atom. The molecule has 6 aromatic rings. The van der Waals surface area contributed by atoms with E-state index in [1.165, 1.54) is 67.3 Å². The highest BCUT2D eigenvalue weighted by molar-refractivity contribution is 8.00. The number of aromatic nitrogens is 1. The van der Waals surface area contributed by atoms with Crippen molar-refractivity contribution in [2.75, 3.05) is 65.4 Å². The summed E-state index contributed by atoms with van der Waals surface area (Å²) in [6.45, 7) is 6.99. The first-order valence-corrected chi connectivity index (χ1v) is 45.2. The number of nitrogens with zero attached hydrogens (tertiary/aromatic N) is 5. The number of hydrogen-bond donors (Lipinski definition) is 14. The van der Waals surface area contributed by atoms with Crippen LogP contribution in [0.4, 0.5) is 4.39 Å². The zero-order valence-corrected chi connectivity index (χ0v) is 75.4. The number of aromatic hydroxyl groups is 1. The van der Waals surface area contributed by atoms with Crippen molar-refractivity contribution in [3.8, 4) is 5.75 Å². The second-order valence-electron chi connectivity index (χ2n) is 33.9. The van der Waals surface area contributed by atoms with E-state index >= 15 is 47.9 Å². The SMILES string of the molecule is CCCC[C@H]1C(=O)N(CCC)CC(=O)N[C@@H](CC(=O)O)C(=O)N[C@@H](C(C)C)C(=O)N(C)[C@@H](Cc2ccccc2)C(=O)N[C@@H](CCCN)C(=O)N2CCC[C@@H]2C(=O)N[C@@H](Cc2c[nH]c3ccccc23)C(=O)N[C@@H](Cc2ccc(O)cc2)C(=O)N[C@@H](C2CC2C)C(=O)N[C@H](C(=O)NCC(N)=O)CSCC(=O)N[C@@H](Cc2ccc(F)cc2)C(=O)N(C)C(Cc2ccccc2)C(=O)N1C. The fourth-order valence-corrected chi connectivity index (χ4v) is 17.1. The molecule has 2 aliphatic heterocycles. The number of para-hydroxylation sites is 1. The van der Waals surface area contributed by atoms with E-state index in [2.05, 4.69) is 52.8 Å². The van der Waals surface area contributed by atoms with Gasteiger partial charge in [0, 0.05) is 89.2 Å². The summed E-state index contributed by atoms with van der Waals surface area (Å²) in [5.41, 5.74) is 14.7. The zero-order valence-electron chi connectivity index (χ0n) is 74.6. The molecule has 16 N–H and O–H groups in total. The third-order valence-electron chi connectivity index (χ3n) is 23.7. The van der Waals surface area contributed by atoms with Gasteiger partial charge in [-0.2, -0.15) is 0 Å². The highest BCUT2D eigenvalue weighted by Crippen LogP contribution is 2.41. The van der Waals surface area contributed by atoms with Crippen molar-refractivity contribution >= 4 is 117 Å². The molecule has 9 rings (SSSR count). The molecule has 130 heavy (non-hydrogen) atoms. The van der Waals surface area contributed by atoms with Gasteiger partial charge < -0.3 is 99.0 Å². The van der Waals surface area contributed by atoms with Crippen LogP contribution in [-0.2, 0) is 109 Å². The number of aliphatic carboxylic acids is 1. The van der Waals surface area contributed by atoms with Crippen LogP contribution in [0.5, 0.6) is 5.75 Å². The molecule has 3 unspecified atom stereocenters. The molecule has 700 valence electrons. The number of nitrogens with two attached hydrogens (primary N) is 2. The number of carbonyl (C=O) groups is 16. The number of phenolic OH excluding ortho intramolecular Hbond substituents is 1. The van der Waals surface area contributed by atoms with Crippen LogP contribution < -0.4 is 59.3 Å². The smallest absolute Gasteiger partial charge is 0.305 e. The average molecular weight is 1820 g/mol. The maximum absolute atomic E-state index is 15.7. The molecule has 15 amide bonds. The lowest BCUT2D eigenvalue weighted by atomic mass is 9.98. The molecular formula is C93H122FN17O18S. The number of fused-ring (bicyclic) bond motifs is 2. The minimum atomic E-state index is -1.90. The van der Waals surface area contributed by atoms with Gasteiger partial charge in [-0.05, 0) is 127 Å². The van der Waals surface area contributed by atoms with E-state index in [0.717, 1.165) is 38.6 Å². The number of likely N-dealkylation sites (N-methyl/N-ethyl adjacent to an activating group) is 3. The Morgan fingerprint density at radius 1 is 0.562 bits per heavy atom. The number of carboxylic acids is 1. The average Bonchev–Trinajstić information content (AvgIpc) is 1.67. The van der Waals surface area contributed by atoms with Crippen LogP contribution in [-0.4, -0.2) is 272 Å². The van der Waals surface area contributed by atoms with Crippen molar-refractivity contribution in [1.29, 1.82) is 0 Å². The summed E-state index contributed by atoms with van der Waals surface area (Å²) in [7, 11) is 4.01. The fraction of sp³-hybridized carbons (Fsp3) is 0.484. The molecule has 1 aromatic heterocycles. The molecular weight excluding hydrogens is 1690 g/mol. The number of aromatic amines is 1. The van der Waals surface area contributed by atoms with Gasteiger partial charge in [0.1, 0.15) is 84.1 Å². The molecule has 0 bridgehead atoms. The number of H-pyrrole nitrogens is 1. The number of hydrogen-bond acceptors (Lipinski definition) is 19.